The predicted molar refractivity (Wildman–Crippen MR) is 114 cm³/mol. The summed E-state index contributed by atoms with van der Waals surface area (Å²) in [5.74, 6) is -1.33. The number of benzene rings is 2. The van der Waals surface area contributed by atoms with Crippen molar-refractivity contribution in [1.82, 2.24) is 5.32 Å². The first-order chi connectivity index (χ1) is 14.6. The van der Waals surface area contributed by atoms with E-state index in [1.165, 1.54) is 18.2 Å². The smallest absolute Gasteiger partial charge is 0.258 e. The van der Waals surface area contributed by atoms with Crippen LogP contribution in [-0.2, 0) is 4.74 Å². The fourth-order valence-electron chi connectivity index (χ4n) is 3.98. The lowest BCUT2D eigenvalue weighted by Crippen LogP contribution is -2.33. The quantitative estimate of drug-likeness (QED) is 0.762. The van der Waals surface area contributed by atoms with Gasteiger partial charge < -0.3 is 20.3 Å². The Kier molecular flexibility index (Phi) is 6.28. The topological polar surface area (TPSA) is 70.7 Å². The van der Waals surface area contributed by atoms with Crippen molar-refractivity contribution in [2.75, 3.05) is 36.5 Å². The average Bonchev–Trinajstić information content (AvgIpc) is 3.46. The van der Waals surface area contributed by atoms with Crippen LogP contribution in [0.5, 0.6) is 0 Å². The molecule has 0 unspecified atom stereocenters. The molecular weight excluding hydrogens is 385 g/mol. The highest BCUT2D eigenvalue weighted by molar-refractivity contribution is 6.06. The van der Waals surface area contributed by atoms with Gasteiger partial charge >= 0.3 is 0 Å². The van der Waals surface area contributed by atoms with Crippen LogP contribution in [0.2, 0.25) is 0 Å². The fourth-order valence-corrected chi connectivity index (χ4v) is 3.98. The van der Waals surface area contributed by atoms with E-state index in [0.717, 1.165) is 51.1 Å². The van der Waals surface area contributed by atoms with Crippen LogP contribution in [0.15, 0.2) is 42.5 Å². The molecule has 4 rings (SSSR count). The van der Waals surface area contributed by atoms with E-state index >= 15 is 0 Å². The Balaban J connectivity index is 1.54. The zero-order valence-electron chi connectivity index (χ0n) is 16.8. The van der Waals surface area contributed by atoms with E-state index < -0.39 is 11.7 Å². The van der Waals surface area contributed by atoms with Gasteiger partial charge in [-0.1, -0.05) is 12.1 Å². The molecule has 30 heavy (non-hydrogen) atoms. The number of nitrogens with zero attached hydrogens (tertiary/aromatic N) is 1. The second kappa shape index (κ2) is 9.26. The summed E-state index contributed by atoms with van der Waals surface area (Å²) in [6.45, 7) is 2.99. The summed E-state index contributed by atoms with van der Waals surface area (Å²) in [5, 5.41) is 5.67. The molecule has 1 atom stereocenters. The third-order valence-corrected chi connectivity index (χ3v) is 5.58. The number of carbonyl (C=O) groups excluding carboxylic acids is 2. The van der Waals surface area contributed by atoms with Crippen LogP contribution in [0.25, 0.3) is 0 Å². The van der Waals surface area contributed by atoms with E-state index in [1.54, 1.807) is 18.2 Å². The van der Waals surface area contributed by atoms with Crippen molar-refractivity contribution in [3.05, 3.63) is 59.4 Å². The highest BCUT2D eigenvalue weighted by Gasteiger charge is 2.22. The molecule has 6 nitrogen and oxygen atoms in total. The normalized spacial score (nSPS) is 18.4. The number of ether oxygens (including phenoxy) is 1. The summed E-state index contributed by atoms with van der Waals surface area (Å²) >= 11 is 0. The Bertz CT molecular complexity index is 922. The lowest BCUT2D eigenvalue weighted by Gasteiger charge is -2.22. The van der Waals surface area contributed by atoms with Gasteiger partial charge in [0, 0.05) is 37.6 Å². The van der Waals surface area contributed by atoms with Crippen molar-refractivity contribution < 1.29 is 18.7 Å². The molecule has 2 amide bonds. The molecule has 2 N–H and O–H groups in total. The van der Waals surface area contributed by atoms with Crippen molar-refractivity contribution in [3.63, 3.8) is 0 Å². The van der Waals surface area contributed by atoms with E-state index in [4.69, 9.17) is 4.74 Å². The van der Waals surface area contributed by atoms with Gasteiger partial charge in [-0.05, 0) is 56.0 Å². The second-order valence-corrected chi connectivity index (χ2v) is 7.71. The van der Waals surface area contributed by atoms with E-state index in [0.29, 0.717) is 17.8 Å². The zero-order chi connectivity index (χ0) is 20.9. The molecule has 2 fully saturated rings. The Morgan fingerprint density at radius 3 is 2.57 bits per heavy atom. The number of anilines is 2. The number of rotatable bonds is 6. The van der Waals surface area contributed by atoms with E-state index in [2.05, 4.69) is 15.5 Å². The Labute approximate surface area is 175 Å². The molecule has 2 aromatic carbocycles. The van der Waals surface area contributed by atoms with Gasteiger partial charge in [-0.25, -0.2) is 4.39 Å². The standard InChI is InChI=1S/C23H26FN3O3/c24-20-8-2-1-7-18(20)23(29)26-16-9-10-21(27-11-3-4-12-27)19(14-16)22(28)25-15-17-6-5-13-30-17/h1-2,7-10,14,17H,3-6,11-13,15H2,(H,25,28)(H,26,29)/t17-/m1/s1. The molecular formula is C23H26FN3O3. The minimum absolute atomic E-state index is 0.0366. The maximum Gasteiger partial charge on any atom is 0.258 e. The van der Waals surface area contributed by atoms with Gasteiger partial charge in [0.1, 0.15) is 5.82 Å². The number of nitrogens with one attached hydrogen (secondary N) is 2. The van der Waals surface area contributed by atoms with Crippen molar-refractivity contribution in [2.24, 2.45) is 0 Å². The van der Waals surface area contributed by atoms with Crippen LogP contribution in [0.4, 0.5) is 15.8 Å². The highest BCUT2D eigenvalue weighted by atomic mass is 19.1. The Morgan fingerprint density at radius 1 is 1.03 bits per heavy atom. The van der Waals surface area contributed by atoms with Crippen LogP contribution in [0, 0.1) is 5.82 Å². The molecule has 0 radical (unpaired) electrons. The lowest BCUT2D eigenvalue weighted by atomic mass is 10.1. The van der Waals surface area contributed by atoms with Crippen LogP contribution < -0.4 is 15.5 Å². The van der Waals surface area contributed by atoms with Crippen molar-refractivity contribution in [1.29, 1.82) is 0 Å². The van der Waals surface area contributed by atoms with Crippen LogP contribution in [0.3, 0.4) is 0 Å². The van der Waals surface area contributed by atoms with Gasteiger partial charge in [0.05, 0.1) is 17.2 Å². The monoisotopic (exact) mass is 411 g/mol. The van der Waals surface area contributed by atoms with Crippen molar-refractivity contribution >= 4 is 23.2 Å². The number of carbonyl (C=O) groups is 2. The summed E-state index contributed by atoms with van der Waals surface area (Å²) < 4.78 is 19.5. The van der Waals surface area contributed by atoms with Gasteiger partial charge in [-0.15, -0.1) is 0 Å². The molecule has 0 aromatic heterocycles. The van der Waals surface area contributed by atoms with E-state index in [1.807, 2.05) is 6.07 Å². The molecule has 0 bridgehead atoms. The molecule has 2 aliphatic rings. The minimum Gasteiger partial charge on any atom is -0.376 e. The maximum absolute atomic E-state index is 13.9. The molecule has 158 valence electrons. The largest absolute Gasteiger partial charge is 0.376 e. The number of amides is 2. The number of hydrogen-bond acceptors (Lipinski definition) is 4. The fraction of sp³-hybridized carbons (Fsp3) is 0.391. The zero-order valence-corrected chi connectivity index (χ0v) is 16.8. The van der Waals surface area contributed by atoms with E-state index in [9.17, 15) is 14.0 Å². The number of halogens is 1. The first-order valence-corrected chi connectivity index (χ1v) is 10.5. The lowest BCUT2D eigenvalue weighted by molar-refractivity contribution is 0.0858. The SMILES string of the molecule is O=C(Nc1ccc(N2CCCC2)c(C(=O)NC[C@H]2CCCO2)c1)c1ccccc1F. The Hall–Kier alpha value is -2.93. The molecule has 0 saturated carbocycles. The van der Waals surface area contributed by atoms with Gasteiger partial charge in [-0.2, -0.15) is 0 Å². The molecule has 2 saturated heterocycles. The van der Waals surface area contributed by atoms with Gasteiger partial charge in [-0.3, -0.25) is 9.59 Å². The molecule has 2 aliphatic heterocycles. The number of hydrogen-bond donors (Lipinski definition) is 2. The predicted octanol–water partition coefficient (Wildman–Crippen LogP) is 3.59. The van der Waals surface area contributed by atoms with Crippen LogP contribution in [0.1, 0.15) is 46.4 Å². The Morgan fingerprint density at radius 2 is 1.83 bits per heavy atom. The summed E-state index contributed by atoms with van der Waals surface area (Å²) in [5.41, 5.74) is 1.77. The molecule has 2 aromatic rings. The van der Waals surface area contributed by atoms with Crippen molar-refractivity contribution in [3.8, 4) is 0 Å². The van der Waals surface area contributed by atoms with Crippen molar-refractivity contribution in [2.45, 2.75) is 31.8 Å². The van der Waals surface area contributed by atoms with E-state index in [-0.39, 0.29) is 17.6 Å². The molecule has 7 heteroatoms. The first-order valence-electron chi connectivity index (χ1n) is 10.5. The molecule has 0 spiro atoms. The minimum atomic E-state index is -0.585. The average molecular weight is 411 g/mol. The van der Waals surface area contributed by atoms with Crippen LogP contribution >= 0.6 is 0 Å². The summed E-state index contributed by atoms with van der Waals surface area (Å²) in [6.07, 6.45) is 4.17. The summed E-state index contributed by atoms with van der Waals surface area (Å²) in [7, 11) is 0. The van der Waals surface area contributed by atoms with Gasteiger partial charge in [0.2, 0.25) is 0 Å². The summed E-state index contributed by atoms with van der Waals surface area (Å²) in [4.78, 5) is 27.6. The first kappa shape index (κ1) is 20.3. The molecule has 0 aliphatic carbocycles. The van der Waals surface area contributed by atoms with Crippen LogP contribution in [-0.4, -0.2) is 44.2 Å². The third-order valence-electron chi connectivity index (χ3n) is 5.58. The third kappa shape index (κ3) is 4.62. The molecule has 2 heterocycles. The highest BCUT2D eigenvalue weighted by Crippen LogP contribution is 2.28. The second-order valence-electron chi connectivity index (χ2n) is 7.71. The van der Waals surface area contributed by atoms with Gasteiger partial charge in [0.15, 0.2) is 0 Å². The summed E-state index contributed by atoms with van der Waals surface area (Å²) in [6, 6.07) is 11.1. The maximum atomic E-state index is 13.9. The van der Waals surface area contributed by atoms with Gasteiger partial charge in [0.25, 0.3) is 11.8 Å².